The summed E-state index contributed by atoms with van der Waals surface area (Å²) in [6.45, 7) is 3.03. The minimum Gasteiger partial charge on any atom is -0.486 e. The molecule has 0 spiro atoms. The van der Waals surface area contributed by atoms with Crippen molar-refractivity contribution in [1.82, 2.24) is 20.4 Å². The molecule has 8 heteroatoms. The summed E-state index contributed by atoms with van der Waals surface area (Å²) in [5, 5.41) is 10.5. The summed E-state index contributed by atoms with van der Waals surface area (Å²) in [4.78, 5) is 12.6. The lowest BCUT2D eigenvalue weighted by atomic mass is 9.93. The number of nitrogens with one attached hydrogen (secondary N) is 2. The van der Waals surface area contributed by atoms with E-state index in [-0.39, 0.29) is 18.1 Å². The van der Waals surface area contributed by atoms with Crippen LogP contribution >= 0.6 is 15.9 Å². The van der Waals surface area contributed by atoms with Crippen LogP contribution in [-0.4, -0.2) is 29.0 Å². The minimum atomic E-state index is -0.189. The number of amides is 2. The van der Waals surface area contributed by atoms with E-state index in [2.05, 4.69) is 31.7 Å². The van der Waals surface area contributed by atoms with Crippen molar-refractivity contribution >= 4 is 22.0 Å². The van der Waals surface area contributed by atoms with Gasteiger partial charge in [0.05, 0.1) is 18.3 Å². The van der Waals surface area contributed by atoms with Gasteiger partial charge in [0.1, 0.15) is 13.2 Å². The van der Waals surface area contributed by atoms with Crippen LogP contribution in [0.4, 0.5) is 4.79 Å². The molecule has 7 nitrogen and oxygen atoms in total. The Balaban J connectivity index is 1.44. The molecule has 2 atom stereocenters. The summed E-state index contributed by atoms with van der Waals surface area (Å²) in [7, 11) is 1.95. The van der Waals surface area contributed by atoms with Gasteiger partial charge in [0.2, 0.25) is 0 Å². The SMILES string of the molecule is C[C@@H](NC(=O)N[C@H]1CCCc2c1cnn2C)c1cc2c(cc1Br)OCCO2. The number of carbonyl (C=O) groups excluding carboxylic acids is 1. The Bertz CT molecular complexity index is 867. The van der Waals surface area contributed by atoms with E-state index in [1.165, 1.54) is 5.69 Å². The monoisotopic (exact) mass is 434 g/mol. The lowest BCUT2D eigenvalue weighted by Gasteiger charge is -2.26. The molecule has 0 fully saturated rings. The average molecular weight is 435 g/mol. The van der Waals surface area contributed by atoms with Crippen molar-refractivity contribution in [3.05, 3.63) is 39.6 Å². The van der Waals surface area contributed by atoms with E-state index in [0.717, 1.165) is 40.6 Å². The molecule has 0 radical (unpaired) electrons. The summed E-state index contributed by atoms with van der Waals surface area (Å²) in [5.74, 6) is 1.43. The van der Waals surface area contributed by atoms with Crippen molar-refractivity contribution < 1.29 is 14.3 Å². The first kappa shape index (κ1) is 18.2. The van der Waals surface area contributed by atoms with Crippen LogP contribution in [0.2, 0.25) is 0 Å². The molecular weight excluding hydrogens is 412 g/mol. The Hall–Kier alpha value is -2.22. The largest absolute Gasteiger partial charge is 0.486 e. The first-order chi connectivity index (χ1) is 13.0. The maximum atomic E-state index is 12.6. The number of hydrogen-bond donors (Lipinski definition) is 2. The highest BCUT2D eigenvalue weighted by Crippen LogP contribution is 2.38. The van der Waals surface area contributed by atoms with Crippen molar-refractivity contribution in [1.29, 1.82) is 0 Å². The second kappa shape index (κ2) is 7.42. The molecule has 0 saturated heterocycles. The normalized spacial score (nSPS) is 19.1. The number of rotatable bonds is 3. The van der Waals surface area contributed by atoms with E-state index >= 15 is 0 Å². The van der Waals surface area contributed by atoms with Crippen LogP contribution in [0.1, 0.15) is 48.7 Å². The van der Waals surface area contributed by atoms with E-state index in [0.29, 0.717) is 19.0 Å². The van der Waals surface area contributed by atoms with Gasteiger partial charge < -0.3 is 20.1 Å². The van der Waals surface area contributed by atoms with E-state index in [9.17, 15) is 4.79 Å². The molecule has 1 aromatic heterocycles. The molecule has 2 amide bonds. The van der Waals surface area contributed by atoms with E-state index in [1.54, 1.807) is 0 Å². The van der Waals surface area contributed by atoms with Crippen LogP contribution in [0.15, 0.2) is 22.8 Å². The van der Waals surface area contributed by atoms with Gasteiger partial charge in [0.25, 0.3) is 0 Å². The molecule has 2 N–H and O–H groups in total. The first-order valence-electron chi connectivity index (χ1n) is 9.19. The third-order valence-electron chi connectivity index (χ3n) is 5.16. The maximum absolute atomic E-state index is 12.6. The Kier molecular flexibility index (Phi) is 4.99. The van der Waals surface area contributed by atoms with Crippen LogP contribution in [0.25, 0.3) is 0 Å². The zero-order chi connectivity index (χ0) is 19.0. The summed E-state index contributed by atoms with van der Waals surface area (Å²) in [6, 6.07) is 3.43. The van der Waals surface area contributed by atoms with Gasteiger partial charge in [-0.3, -0.25) is 4.68 Å². The predicted molar refractivity (Wildman–Crippen MR) is 104 cm³/mol. The van der Waals surface area contributed by atoms with Gasteiger partial charge >= 0.3 is 6.03 Å². The second-order valence-corrected chi connectivity index (χ2v) is 7.83. The number of ether oxygens (including phenoxy) is 2. The molecule has 2 aromatic rings. The molecule has 144 valence electrons. The molecule has 27 heavy (non-hydrogen) atoms. The zero-order valence-electron chi connectivity index (χ0n) is 15.4. The quantitative estimate of drug-likeness (QED) is 0.775. The predicted octanol–water partition coefficient (Wildman–Crippen LogP) is 3.39. The Morgan fingerprint density at radius 1 is 1.33 bits per heavy atom. The number of nitrogens with zero attached hydrogens (tertiary/aromatic N) is 2. The molecule has 1 aromatic carbocycles. The van der Waals surface area contributed by atoms with Gasteiger partial charge in [0, 0.05) is 22.8 Å². The molecule has 0 unspecified atom stereocenters. The topological polar surface area (TPSA) is 77.4 Å². The molecule has 4 rings (SSSR count). The number of halogens is 1. The molecule has 0 saturated carbocycles. The third-order valence-corrected chi connectivity index (χ3v) is 5.84. The lowest BCUT2D eigenvalue weighted by Crippen LogP contribution is -2.40. The Morgan fingerprint density at radius 3 is 2.85 bits per heavy atom. The van der Waals surface area contributed by atoms with Gasteiger partial charge in [-0.05, 0) is 43.9 Å². The van der Waals surface area contributed by atoms with Crippen LogP contribution in [-0.2, 0) is 13.5 Å². The number of aromatic nitrogens is 2. The Morgan fingerprint density at radius 2 is 2.07 bits per heavy atom. The Labute approximate surface area is 166 Å². The number of carbonyl (C=O) groups is 1. The van der Waals surface area contributed by atoms with Gasteiger partial charge in [-0.15, -0.1) is 0 Å². The van der Waals surface area contributed by atoms with Crippen LogP contribution < -0.4 is 20.1 Å². The first-order valence-corrected chi connectivity index (χ1v) is 9.99. The van der Waals surface area contributed by atoms with E-state index in [1.807, 2.05) is 37.0 Å². The molecule has 2 heterocycles. The highest BCUT2D eigenvalue weighted by molar-refractivity contribution is 9.10. The van der Waals surface area contributed by atoms with Crippen molar-refractivity contribution in [2.45, 2.75) is 38.3 Å². The second-order valence-electron chi connectivity index (χ2n) is 6.97. The van der Waals surface area contributed by atoms with E-state index in [4.69, 9.17) is 9.47 Å². The van der Waals surface area contributed by atoms with Gasteiger partial charge in [-0.25, -0.2) is 4.79 Å². The van der Waals surface area contributed by atoms with Crippen molar-refractivity contribution in [2.24, 2.45) is 7.05 Å². The van der Waals surface area contributed by atoms with Crippen LogP contribution in [0, 0.1) is 0 Å². The van der Waals surface area contributed by atoms with Gasteiger partial charge in [0.15, 0.2) is 11.5 Å². The molecule has 1 aliphatic heterocycles. The number of fused-ring (bicyclic) bond motifs is 2. The molecular formula is C19H23BrN4O3. The average Bonchev–Trinajstić information content (AvgIpc) is 3.03. The minimum absolute atomic E-state index is 0.00152. The molecule has 1 aliphatic carbocycles. The smallest absolute Gasteiger partial charge is 0.315 e. The van der Waals surface area contributed by atoms with Crippen LogP contribution in [0.3, 0.4) is 0 Å². The molecule has 0 bridgehead atoms. The fraction of sp³-hybridized carbons (Fsp3) is 0.474. The fourth-order valence-corrected chi connectivity index (χ4v) is 4.41. The fourth-order valence-electron chi connectivity index (χ4n) is 3.74. The molecule has 2 aliphatic rings. The third kappa shape index (κ3) is 3.63. The summed E-state index contributed by atoms with van der Waals surface area (Å²) < 4.78 is 14.0. The highest BCUT2D eigenvalue weighted by Gasteiger charge is 2.26. The van der Waals surface area contributed by atoms with Crippen LogP contribution in [0.5, 0.6) is 11.5 Å². The number of urea groups is 1. The van der Waals surface area contributed by atoms with Crippen molar-refractivity contribution in [2.75, 3.05) is 13.2 Å². The summed E-state index contributed by atoms with van der Waals surface area (Å²) >= 11 is 3.57. The number of hydrogen-bond acceptors (Lipinski definition) is 4. The number of benzene rings is 1. The van der Waals surface area contributed by atoms with Gasteiger partial charge in [-0.2, -0.15) is 5.10 Å². The highest BCUT2D eigenvalue weighted by atomic mass is 79.9. The van der Waals surface area contributed by atoms with Crippen molar-refractivity contribution in [3.63, 3.8) is 0 Å². The zero-order valence-corrected chi connectivity index (χ0v) is 17.0. The van der Waals surface area contributed by atoms with E-state index < -0.39 is 0 Å². The standard InChI is InChI=1S/C19H23BrN4O3/c1-11(12-8-17-18(9-14(12)20)27-7-6-26-17)22-19(25)23-15-4-3-5-16-13(15)10-21-24(16)2/h8-11,15H,3-7H2,1-2H3,(H2,22,23,25)/t11-,15+/m1/s1. The van der Waals surface area contributed by atoms with Crippen molar-refractivity contribution in [3.8, 4) is 11.5 Å². The van der Waals surface area contributed by atoms with Gasteiger partial charge in [-0.1, -0.05) is 15.9 Å². The summed E-state index contributed by atoms with van der Waals surface area (Å²) in [6.07, 6.45) is 4.83. The number of aryl methyl sites for hydroxylation is 1. The lowest BCUT2D eigenvalue weighted by molar-refractivity contribution is 0.171. The maximum Gasteiger partial charge on any atom is 0.315 e. The summed E-state index contributed by atoms with van der Waals surface area (Å²) in [5.41, 5.74) is 3.27.